The van der Waals surface area contributed by atoms with Gasteiger partial charge in [-0.1, -0.05) is 6.07 Å². The maximum atomic E-state index is 12.0. The van der Waals surface area contributed by atoms with Crippen LogP contribution in [0.2, 0.25) is 0 Å². The topological polar surface area (TPSA) is 78.5 Å². The van der Waals surface area contributed by atoms with Crippen LogP contribution in [0, 0.1) is 13.8 Å². The second-order valence-corrected chi connectivity index (χ2v) is 6.17. The largest absolute Gasteiger partial charge is 0.355 e. The Morgan fingerprint density at radius 1 is 1.17 bits per heavy atom. The van der Waals surface area contributed by atoms with E-state index < -0.39 is 0 Å². The number of carbonyl (C=O) groups excluding carboxylic acids is 3. The van der Waals surface area contributed by atoms with Crippen LogP contribution in [0.1, 0.15) is 40.7 Å². The molecule has 2 N–H and O–H groups in total. The number of nitrogens with one attached hydrogen (secondary N) is 2. The molecular formula is C18H25N3O3. The number of amides is 3. The standard InChI is InChI=1S/C18H25N3O3/c1-13-6-7-15(11-14(13)2)18(24)20-12-16(22)19-8-4-10-21-9-3-5-17(21)23/h6-7,11H,3-5,8-10,12H2,1-2H3,(H,19,22)(H,20,24). The lowest BCUT2D eigenvalue weighted by Crippen LogP contribution is -2.38. The van der Waals surface area contributed by atoms with Gasteiger partial charge in [0.05, 0.1) is 6.54 Å². The fourth-order valence-electron chi connectivity index (χ4n) is 2.65. The van der Waals surface area contributed by atoms with Gasteiger partial charge >= 0.3 is 0 Å². The fourth-order valence-corrected chi connectivity index (χ4v) is 2.65. The summed E-state index contributed by atoms with van der Waals surface area (Å²) in [6, 6.07) is 5.46. The van der Waals surface area contributed by atoms with Crippen LogP contribution in [-0.4, -0.2) is 48.8 Å². The molecule has 1 aromatic carbocycles. The highest BCUT2D eigenvalue weighted by molar-refractivity contribution is 5.96. The number of nitrogens with zero attached hydrogens (tertiary/aromatic N) is 1. The minimum absolute atomic E-state index is 0.0472. The molecule has 1 heterocycles. The fraction of sp³-hybridized carbons (Fsp3) is 0.500. The second-order valence-electron chi connectivity index (χ2n) is 6.17. The molecule has 0 aliphatic carbocycles. The molecule has 6 nitrogen and oxygen atoms in total. The average molecular weight is 331 g/mol. The maximum Gasteiger partial charge on any atom is 0.251 e. The first-order chi connectivity index (χ1) is 11.5. The zero-order valence-corrected chi connectivity index (χ0v) is 14.4. The van der Waals surface area contributed by atoms with Crippen molar-refractivity contribution in [3.05, 3.63) is 34.9 Å². The van der Waals surface area contributed by atoms with Crippen molar-refractivity contribution in [3.63, 3.8) is 0 Å². The van der Waals surface area contributed by atoms with Gasteiger partial charge in [0.15, 0.2) is 0 Å². The SMILES string of the molecule is Cc1ccc(C(=O)NCC(=O)NCCCN2CCCC2=O)cc1C. The molecule has 1 aromatic rings. The minimum Gasteiger partial charge on any atom is -0.355 e. The van der Waals surface area contributed by atoms with E-state index in [-0.39, 0.29) is 24.3 Å². The van der Waals surface area contributed by atoms with E-state index in [4.69, 9.17) is 0 Å². The van der Waals surface area contributed by atoms with Crippen molar-refractivity contribution in [1.82, 2.24) is 15.5 Å². The zero-order valence-electron chi connectivity index (χ0n) is 14.4. The molecule has 1 saturated heterocycles. The van der Waals surface area contributed by atoms with Gasteiger partial charge in [0.1, 0.15) is 0 Å². The number of likely N-dealkylation sites (tertiary alicyclic amines) is 1. The molecule has 0 saturated carbocycles. The number of benzene rings is 1. The van der Waals surface area contributed by atoms with E-state index in [0.29, 0.717) is 25.1 Å². The van der Waals surface area contributed by atoms with Crippen molar-refractivity contribution in [2.75, 3.05) is 26.2 Å². The molecule has 130 valence electrons. The van der Waals surface area contributed by atoms with Crippen molar-refractivity contribution >= 4 is 17.7 Å². The van der Waals surface area contributed by atoms with Gasteiger partial charge in [0.2, 0.25) is 11.8 Å². The zero-order chi connectivity index (χ0) is 17.5. The molecule has 6 heteroatoms. The molecule has 0 aromatic heterocycles. The molecule has 1 aliphatic heterocycles. The number of carbonyl (C=O) groups is 3. The van der Waals surface area contributed by atoms with Gasteiger partial charge in [-0.3, -0.25) is 14.4 Å². The van der Waals surface area contributed by atoms with Crippen LogP contribution in [0.25, 0.3) is 0 Å². The van der Waals surface area contributed by atoms with Gasteiger partial charge in [-0.05, 0) is 49.9 Å². The van der Waals surface area contributed by atoms with Gasteiger partial charge < -0.3 is 15.5 Å². The van der Waals surface area contributed by atoms with E-state index in [2.05, 4.69) is 10.6 Å². The third-order valence-corrected chi connectivity index (χ3v) is 4.28. The molecule has 3 amide bonds. The third kappa shape index (κ3) is 5.08. The van der Waals surface area contributed by atoms with Crippen LogP contribution in [0.4, 0.5) is 0 Å². The summed E-state index contributed by atoms with van der Waals surface area (Å²) in [6.07, 6.45) is 2.29. The number of hydrogen-bond donors (Lipinski definition) is 2. The molecule has 1 fully saturated rings. The first kappa shape index (κ1) is 18.0. The van der Waals surface area contributed by atoms with Crippen LogP contribution in [0.5, 0.6) is 0 Å². The van der Waals surface area contributed by atoms with E-state index in [0.717, 1.165) is 30.5 Å². The van der Waals surface area contributed by atoms with Crippen LogP contribution in [0.3, 0.4) is 0 Å². The van der Waals surface area contributed by atoms with E-state index in [9.17, 15) is 14.4 Å². The first-order valence-corrected chi connectivity index (χ1v) is 8.37. The Labute approximate surface area is 142 Å². The Morgan fingerprint density at radius 3 is 2.62 bits per heavy atom. The van der Waals surface area contributed by atoms with Gasteiger partial charge in [-0.15, -0.1) is 0 Å². The highest BCUT2D eigenvalue weighted by atomic mass is 16.2. The lowest BCUT2D eigenvalue weighted by atomic mass is 10.1. The van der Waals surface area contributed by atoms with E-state index in [1.54, 1.807) is 6.07 Å². The average Bonchev–Trinajstić information content (AvgIpc) is 2.97. The molecule has 0 bridgehead atoms. The summed E-state index contributed by atoms with van der Waals surface area (Å²) in [4.78, 5) is 37.0. The molecule has 0 unspecified atom stereocenters. The molecule has 24 heavy (non-hydrogen) atoms. The summed E-state index contributed by atoms with van der Waals surface area (Å²) < 4.78 is 0. The van der Waals surface area contributed by atoms with Gasteiger partial charge in [-0.25, -0.2) is 0 Å². The Balaban J connectivity index is 1.64. The Bertz CT molecular complexity index is 628. The number of aryl methyl sites for hydroxylation is 2. The van der Waals surface area contributed by atoms with Crippen molar-refractivity contribution < 1.29 is 14.4 Å². The Hall–Kier alpha value is -2.37. The van der Waals surface area contributed by atoms with Crippen molar-refractivity contribution in [2.45, 2.75) is 33.1 Å². The smallest absolute Gasteiger partial charge is 0.251 e. The maximum absolute atomic E-state index is 12.0. The van der Waals surface area contributed by atoms with Crippen LogP contribution < -0.4 is 10.6 Å². The van der Waals surface area contributed by atoms with Crippen LogP contribution in [0.15, 0.2) is 18.2 Å². The first-order valence-electron chi connectivity index (χ1n) is 8.37. The summed E-state index contributed by atoms with van der Waals surface area (Å²) in [7, 11) is 0. The van der Waals surface area contributed by atoms with Gasteiger partial charge in [-0.2, -0.15) is 0 Å². The molecule has 0 radical (unpaired) electrons. The number of rotatable bonds is 7. The highest BCUT2D eigenvalue weighted by Crippen LogP contribution is 2.10. The Morgan fingerprint density at radius 2 is 1.96 bits per heavy atom. The summed E-state index contributed by atoms with van der Waals surface area (Å²) in [5.41, 5.74) is 2.72. The number of hydrogen-bond acceptors (Lipinski definition) is 3. The Kier molecular flexibility index (Phi) is 6.35. The molecule has 1 aliphatic rings. The quantitative estimate of drug-likeness (QED) is 0.736. The predicted molar refractivity (Wildman–Crippen MR) is 91.7 cm³/mol. The minimum atomic E-state index is -0.254. The van der Waals surface area contributed by atoms with Crippen molar-refractivity contribution in [1.29, 1.82) is 0 Å². The summed E-state index contributed by atoms with van der Waals surface area (Å²) in [5, 5.41) is 5.38. The van der Waals surface area contributed by atoms with E-state index in [1.165, 1.54) is 0 Å². The monoisotopic (exact) mass is 331 g/mol. The molecule has 0 atom stereocenters. The normalized spacial score (nSPS) is 13.9. The summed E-state index contributed by atoms with van der Waals surface area (Å²) in [5.74, 6) is -0.280. The van der Waals surface area contributed by atoms with Gasteiger partial charge in [0.25, 0.3) is 5.91 Å². The van der Waals surface area contributed by atoms with E-state index in [1.807, 2.05) is 30.9 Å². The van der Waals surface area contributed by atoms with Crippen molar-refractivity contribution in [3.8, 4) is 0 Å². The van der Waals surface area contributed by atoms with Crippen molar-refractivity contribution in [2.24, 2.45) is 0 Å². The van der Waals surface area contributed by atoms with Crippen LogP contribution in [-0.2, 0) is 9.59 Å². The van der Waals surface area contributed by atoms with Crippen LogP contribution >= 0.6 is 0 Å². The summed E-state index contributed by atoms with van der Waals surface area (Å²) in [6.45, 7) is 5.88. The molecule has 2 rings (SSSR count). The summed E-state index contributed by atoms with van der Waals surface area (Å²) >= 11 is 0. The predicted octanol–water partition coefficient (Wildman–Crippen LogP) is 1.16. The lowest BCUT2D eigenvalue weighted by Gasteiger charge is -2.15. The third-order valence-electron chi connectivity index (χ3n) is 4.28. The highest BCUT2D eigenvalue weighted by Gasteiger charge is 2.19. The molecule has 0 spiro atoms. The van der Waals surface area contributed by atoms with Gasteiger partial charge in [0, 0.05) is 31.6 Å². The van der Waals surface area contributed by atoms with E-state index >= 15 is 0 Å². The lowest BCUT2D eigenvalue weighted by molar-refractivity contribution is -0.127. The molecular weight excluding hydrogens is 306 g/mol. The second kappa shape index (κ2) is 8.47.